The summed E-state index contributed by atoms with van der Waals surface area (Å²) in [4.78, 5) is 48.2. The maximum absolute atomic E-state index is 12.2. The van der Waals surface area contributed by atoms with E-state index in [4.69, 9.17) is 4.98 Å². The van der Waals surface area contributed by atoms with E-state index < -0.39 is 6.04 Å². The molecule has 1 unspecified atom stereocenters. The van der Waals surface area contributed by atoms with Crippen LogP contribution in [0.3, 0.4) is 0 Å². The van der Waals surface area contributed by atoms with E-state index in [1.54, 1.807) is 0 Å². The number of aldehydes is 2. The predicted octanol–water partition coefficient (Wildman–Crippen LogP) is 5.55. The van der Waals surface area contributed by atoms with E-state index >= 15 is 0 Å². The van der Waals surface area contributed by atoms with E-state index in [1.807, 2.05) is 43.5 Å². The smallest absolute Gasteiger partial charge is 0.214 e. The van der Waals surface area contributed by atoms with Crippen molar-refractivity contribution in [1.29, 1.82) is 0 Å². The van der Waals surface area contributed by atoms with E-state index in [1.165, 1.54) is 10.5 Å². The third kappa shape index (κ3) is 5.26. The molecule has 0 spiro atoms. The number of amides is 1. The van der Waals surface area contributed by atoms with Crippen molar-refractivity contribution in [2.75, 3.05) is 22.9 Å². The first kappa shape index (κ1) is 26.5. The van der Waals surface area contributed by atoms with E-state index in [2.05, 4.69) is 35.0 Å². The van der Waals surface area contributed by atoms with Crippen LogP contribution in [0.2, 0.25) is 0 Å². The highest BCUT2D eigenvalue weighted by Crippen LogP contribution is 2.39. The molecule has 3 heterocycles. The minimum atomic E-state index is -0.678. The summed E-state index contributed by atoms with van der Waals surface area (Å²) in [5, 5.41) is 2.10. The van der Waals surface area contributed by atoms with E-state index in [-0.39, 0.29) is 6.42 Å². The zero-order valence-electron chi connectivity index (χ0n) is 22.5. The SMILES string of the molecule is CCc1ccc2ncc(N3CCC(c4ccc(N(C=O)C(C=O)CCC=O)c5c(C)cccc45)CC3)cc2n1. The van der Waals surface area contributed by atoms with Crippen LogP contribution >= 0.6 is 0 Å². The molecule has 4 aromatic rings. The number of benzene rings is 2. The molecule has 0 N–H and O–H groups in total. The van der Waals surface area contributed by atoms with Gasteiger partial charge in [-0.05, 0) is 79.3 Å². The number of fused-ring (bicyclic) bond motifs is 2. The Bertz CT molecular complexity index is 1510. The Kier molecular flexibility index (Phi) is 7.96. The van der Waals surface area contributed by atoms with Crippen LogP contribution in [0.4, 0.5) is 11.4 Å². The summed E-state index contributed by atoms with van der Waals surface area (Å²) in [6, 6.07) is 15.8. The highest BCUT2D eigenvalue weighted by atomic mass is 16.1. The van der Waals surface area contributed by atoms with Crippen molar-refractivity contribution < 1.29 is 14.4 Å². The number of aryl methyl sites for hydroxylation is 2. The molecule has 1 fully saturated rings. The predicted molar refractivity (Wildman–Crippen MR) is 155 cm³/mol. The third-order valence-electron chi connectivity index (χ3n) is 7.99. The summed E-state index contributed by atoms with van der Waals surface area (Å²) in [7, 11) is 0. The van der Waals surface area contributed by atoms with Gasteiger partial charge in [-0.2, -0.15) is 0 Å². The normalized spacial score (nSPS) is 14.9. The van der Waals surface area contributed by atoms with Crippen LogP contribution < -0.4 is 9.80 Å². The zero-order chi connectivity index (χ0) is 27.4. The Balaban J connectivity index is 1.42. The van der Waals surface area contributed by atoms with Gasteiger partial charge in [0.05, 0.1) is 34.6 Å². The average molecular weight is 523 g/mol. The van der Waals surface area contributed by atoms with Crippen LogP contribution in [0, 0.1) is 6.92 Å². The second-order valence-electron chi connectivity index (χ2n) is 10.3. The fraction of sp³-hybridized carbons (Fsp3) is 0.344. The van der Waals surface area contributed by atoms with Crippen molar-refractivity contribution in [2.45, 2.75) is 57.9 Å². The molecule has 5 rings (SSSR count). The van der Waals surface area contributed by atoms with Gasteiger partial charge >= 0.3 is 0 Å². The maximum atomic E-state index is 12.2. The average Bonchev–Trinajstić information content (AvgIpc) is 2.98. The quantitative estimate of drug-likeness (QED) is 0.254. The van der Waals surface area contributed by atoms with E-state index in [9.17, 15) is 14.4 Å². The molecule has 0 bridgehead atoms. The first-order chi connectivity index (χ1) is 19.1. The first-order valence-electron chi connectivity index (χ1n) is 13.7. The summed E-state index contributed by atoms with van der Waals surface area (Å²) < 4.78 is 0. The third-order valence-corrected chi connectivity index (χ3v) is 7.99. The number of hydrogen-bond donors (Lipinski definition) is 0. The molecule has 39 heavy (non-hydrogen) atoms. The van der Waals surface area contributed by atoms with Crippen molar-refractivity contribution in [2.24, 2.45) is 0 Å². The molecule has 0 aliphatic carbocycles. The summed E-state index contributed by atoms with van der Waals surface area (Å²) in [6.07, 6.45) is 7.62. The molecular formula is C32H34N4O3. The molecule has 0 radical (unpaired) electrons. The lowest BCUT2D eigenvalue weighted by Crippen LogP contribution is -2.36. The molecule has 1 aliphatic rings. The largest absolute Gasteiger partial charge is 0.370 e. The maximum Gasteiger partial charge on any atom is 0.214 e. The van der Waals surface area contributed by atoms with Gasteiger partial charge in [0.15, 0.2) is 0 Å². The minimum absolute atomic E-state index is 0.226. The Morgan fingerprint density at radius 1 is 1.05 bits per heavy atom. The van der Waals surface area contributed by atoms with Gasteiger partial charge in [-0.1, -0.05) is 31.2 Å². The van der Waals surface area contributed by atoms with Crippen molar-refractivity contribution in [3.63, 3.8) is 0 Å². The van der Waals surface area contributed by atoms with Crippen molar-refractivity contribution in [3.05, 3.63) is 71.5 Å². The summed E-state index contributed by atoms with van der Waals surface area (Å²) in [5.74, 6) is 0.374. The van der Waals surface area contributed by atoms with Crippen molar-refractivity contribution in [3.8, 4) is 0 Å². The number of carbonyl (C=O) groups is 3. The Labute approximate surface area is 228 Å². The molecule has 7 nitrogen and oxygen atoms in total. The highest BCUT2D eigenvalue weighted by Gasteiger charge is 2.26. The number of rotatable bonds is 10. The van der Waals surface area contributed by atoms with Gasteiger partial charge in [0.2, 0.25) is 6.41 Å². The number of piperidine rings is 1. The van der Waals surface area contributed by atoms with Crippen LogP contribution in [0.1, 0.15) is 55.3 Å². The Morgan fingerprint density at radius 3 is 2.59 bits per heavy atom. The molecule has 1 atom stereocenters. The van der Waals surface area contributed by atoms with Crippen LogP contribution in [-0.4, -0.2) is 48.1 Å². The van der Waals surface area contributed by atoms with Crippen LogP contribution in [0.25, 0.3) is 21.8 Å². The lowest BCUT2D eigenvalue weighted by molar-refractivity contribution is -0.113. The molecule has 1 amide bonds. The molecule has 200 valence electrons. The number of carbonyl (C=O) groups excluding carboxylic acids is 3. The molecular weight excluding hydrogens is 488 g/mol. The van der Waals surface area contributed by atoms with Crippen molar-refractivity contribution >= 4 is 52.2 Å². The van der Waals surface area contributed by atoms with Gasteiger partial charge < -0.3 is 19.4 Å². The van der Waals surface area contributed by atoms with Gasteiger partial charge in [-0.25, -0.2) is 0 Å². The Hall–Kier alpha value is -4.13. The lowest BCUT2D eigenvalue weighted by atomic mass is 9.85. The lowest BCUT2D eigenvalue weighted by Gasteiger charge is -2.34. The van der Waals surface area contributed by atoms with Crippen LogP contribution in [-0.2, 0) is 20.8 Å². The van der Waals surface area contributed by atoms with E-state index in [0.717, 1.165) is 83.7 Å². The monoisotopic (exact) mass is 522 g/mol. The van der Waals surface area contributed by atoms with Gasteiger partial charge in [-0.15, -0.1) is 0 Å². The van der Waals surface area contributed by atoms with E-state index in [0.29, 0.717) is 24.4 Å². The molecule has 0 saturated carbocycles. The number of hydrogen-bond acceptors (Lipinski definition) is 6. The standard InChI is InChI=1S/C32H34N4O3/c1-3-24-9-11-29-30(34-24)18-26(19-33-29)35-15-13-23(14-16-35)27-10-12-31(32-22(2)6-4-8-28(27)32)36(21-39)25(20-38)7-5-17-37/h4,6,8-12,17-21,23,25H,3,5,7,13-16H2,1-2H3. The highest BCUT2D eigenvalue weighted by molar-refractivity contribution is 6.03. The number of anilines is 2. The summed E-state index contributed by atoms with van der Waals surface area (Å²) in [5.41, 5.74) is 7.06. The fourth-order valence-corrected chi connectivity index (χ4v) is 5.84. The molecule has 2 aromatic carbocycles. The summed E-state index contributed by atoms with van der Waals surface area (Å²) >= 11 is 0. The molecule has 1 aliphatic heterocycles. The van der Waals surface area contributed by atoms with Gasteiger partial charge in [0, 0.05) is 30.6 Å². The first-order valence-corrected chi connectivity index (χ1v) is 13.7. The minimum Gasteiger partial charge on any atom is -0.370 e. The van der Waals surface area contributed by atoms with Gasteiger partial charge in [0.1, 0.15) is 12.6 Å². The van der Waals surface area contributed by atoms with Gasteiger partial charge in [-0.3, -0.25) is 14.8 Å². The topological polar surface area (TPSA) is 83.5 Å². The van der Waals surface area contributed by atoms with Crippen molar-refractivity contribution in [1.82, 2.24) is 9.97 Å². The van der Waals surface area contributed by atoms with Gasteiger partial charge in [0.25, 0.3) is 0 Å². The second-order valence-corrected chi connectivity index (χ2v) is 10.3. The number of aromatic nitrogens is 2. The number of pyridine rings is 2. The Morgan fingerprint density at radius 2 is 1.87 bits per heavy atom. The molecule has 1 saturated heterocycles. The van der Waals surface area contributed by atoms with Crippen LogP contribution in [0.5, 0.6) is 0 Å². The molecule has 7 heteroatoms. The zero-order valence-corrected chi connectivity index (χ0v) is 22.5. The number of nitrogens with zero attached hydrogens (tertiary/aromatic N) is 4. The van der Waals surface area contributed by atoms with Crippen LogP contribution in [0.15, 0.2) is 54.7 Å². The fourth-order valence-electron chi connectivity index (χ4n) is 5.84. The second kappa shape index (κ2) is 11.7. The summed E-state index contributed by atoms with van der Waals surface area (Å²) in [6.45, 7) is 5.98. The molecule has 2 aromatic heterocycles.